The molecule has 0 aromatic carbocycles. The lowest BCUT2D eigenvalue weighted by molar-refractivity contribution is 0.0520. The van der Waals surface area contributed by atoms with Gasteiger partial charge in [-0.2, -0.15) is 0 Å². The summed E-state index contributed by atoms with van der Waals surface area (Å²) < 4.78 is 10.4. The summed E-state index contributed by atoms with van der Waals surface area (Å²) in [6, 6.07) is 0. The molecule has 1 fully saturated rings. The Morgan fingerprint density at radius 1 is 1.41 bits per heavy atom. The maximum absolute atomic E-state index is 12.0. The summed E-state index contributed by atoms with van der Waals surface area (Å²) in [5, 5.41) is 1.06. The Bertz CT molecular complexity index is 672. The average Bonchev–Trinajstić information content (AvgIpc) is 3.32. The van der Waals surface area contributed by atoms with Crippen LogP contribution in [0.3, 0.4) is 0 Å². The molecule has 0 saturated heterocycles. The summed E-state index contributed by atoms with van der Waals surface area (Å²) in [6.07, 6.45) is 4.24. The van der Waals surface area contributed by atoms with Gasteiger partial charge in [0.1, 0.15) is 11.2 Å². The number of aromatic nitrogens is 2. The lowest BCUT2D eigenvalue weighted by Crippen LogP contribution is -2.06. The number of H-pyrrole nitrogens is 1. The van der Waals surface area contributed by atoms with Crippen molar-refractivity contribution in [1.82, 2.24) is 9.97 Å². The lowest BCUT2D eigenvalue weighted by Gasteiger charge is -2.05. The van der Waals surface area contributed by atoms with Crippen molar-refractivity contribution in [3.63, 3.8) is 0 Å². The molecular formula is C17H24N2O3. The summed E-state index contributed by atoms with van der Waals surface area (Å²) in [4.78, 5) is 19.5. The van der Waals surface area contributed by atoms with Gasteiger partial charge in [-0.1, -0.05) is 13.8 Å². The molecule has 5 nitrogen and oxygen atoms in total. The Labute approximate surface area is 131 Å². The van der Waals surface area contributed by atoms with E-state index in [9.17, 15) is 4.79 Å². The van der Waals surface area contributed by atoms with E-state index in [0.717, 1.165) is 16.5 Å². The number of pyridine rings is 1. The van der Waals surface area contributed by atoms with Crippen LogP contribution in [0.25, 0.3) is 10.9 Å². The molecule has 0 bridgehead atoms. The van der Waals surface area contributed by atoms with Crippen LogP contribution in [0.4, 0.5) is 0 Å². The van der Waals surface area contributed by atoms with Gasteiger partial charge >= 0.3 is 5.97 Å². The first-order valence-corrected chi connectivity index (χ1v) is 7.89. The van der Waals surface area contributed by atoms with E-state index >= 15 is 0 Å². The Hall–Kier alpha value is -2.04. The summed E-state index contributed by atoms with van der Waals surface area (Å²) in [6.45, 7) is 8.10. The van der Waals surface area contributed by atoms with Crippen LogP contribution in [0.15, 0.2) is 6.20 Å². The molecule has 3 rings (SSSR count). The number of ether oxygens (including phenoxy) is 2. The third kappa shape index (κ3) is 2.80. The molecule has 0 radical (unpaired) electrons. The van der Waals surface area contributed by atoms with Crippen LogP contribution in [0.1, 0.15) is 61.1 Å². The number of carbonyl (C=O) groups excluding carboxylic acids is 1. The standard InChI is InChI=1S/C15H18N2O3.C2H6/c1-4-20-15(18)12-8(2)11-10(9-5-6-9)7-16-14(19-3)13(11)17-12;1-2/h7,9,17H,4-6H2,1-3H3;1-2H3. The molecule has 1 saturated carbocycles. The molecule has 1 aliphatic carbocycles. The first-order valence-electron chi connectivity index (χ1n) is 7.89. The molecular weight excluding hydrogens is 280 g/mol. The Morgan fingerprint density at radius 3 is 2.64 bits per heavy atom. The minimum absolute atomic E-state index is 0.329. The molecule has 22 heavy (non-hydrogen) atoms. The molecule has 2 aromatic rings. The van der Waals surface area contributed by atoms with E-state index in [2.05, 4.69) is 9.97 Å². The quantitative estimate of drug-likeness (QED) is 0.868. The van der Waals surface area contributed by atoms with E-state index in [1.807, 2.05) is 27.0 Å². The van der Waals surface area contributed by atoms with E-state index in [1.165, 1.54) is 18.4 Å². The molecule has 0 aliphatic heterocycles. The van der Waals surface area contributed by atoms with E-state index in [4.69, 9.17) is 9.47 Å². The molecule has 120 valence electrons. The largest absolute Gasteiger partial charge is 0.479 e. The Kier molecular flexibility index (Phi) is 5.06. The van der Waals surface area contributed by atoms with Gasteiger partial charge in [0.25, 0.3) is 0 Å². The number of aryl methyl sites for hydroxylation is 1. The van der Waals surface area contributed by atoms with Gasteiger partial charge in [-0.15, -0.1) is 0 Å². The molecule has 1 N–H and O–H groups in total. The van der Waals surface area contributed by atoms with Gasteiger partial charge in [-0.3, -0.25) is 0 Å². The zero-order valence-electron chi connectivity index (χ0n) is 13.9. The number of esters is 1. The van der Waals surface area contributed by atoms with E-state index in [1.54, 1.807) is 14.0 Å². The highest BCUT2D eigenvalue weighted by Gasteiger charge is 2.29. The zero-order chi connectivity index (χ0) is 16.3. The van der Waals surface area contributed by atoms with E-state index < -0.39 is 0 Å². The second-order valence-electron chi connectivity index (χ2n) is 5.09. The molecule has 5 heteroatoms. The number of carbonyl (C=O) groups is 1. The van der Waals surface area contributed by atoms with Gasteiger partial charge in [-0.05, 0) is 43.7 Å². The first kappa shape index (κ1) is 16.3. The fourth-order valence-corrected chi connectivity index (χ4v) is 2.64. The number of methoxy groups -OCH3 is 1. The molecule has 0 atom stereocenters. The maximum atomic E-state index is 12.0. The summed E-state index contributed by atoms with van der Waals surface area (Å²) >= 11 is 0. The number of rotatable bonds is 4. The summed E-state index contributed by atoms with van der Waals surface area (Å²) in [7, 11) is 1.58. The number of fused-ring (bicyclic) bond motifs is 1. The van der Waals surface area contributed by atoms with Crippen molar-refractivity contribution < 1.29 is 14.3 Å². The van der Waals surface area contributed by atoms with Crippen molar-refractivity contribution in [2.75, 3.05) is 13.7 Å². The van der Waals surface area contributed by atoms with Crippen molar-refractivity contribution in [3.05, 3.63) is 23.0 Å². The van der Waals surface area contributed by atoms with Crippen LogP contribution < -0.4 is 4.74 Å². The highest BCUT2D eigenvalue weighted by molar-refractivity contribution is 6.01. The number of hydrogen-bond donors (Lipinski definition) is 1. The zero-order valence-corrected chi connectivity index (χ0v) is 13.9. The monoisotopic (exact) mass is 304 g/mol. The molecule has 2 heterocycles. The number of nitrogens with zero attached hydrogens (tertiary/aromatic N) is 1. The molecule has 0 amide bonds. The second kappa shape index (κ2) is 6.81. The maximum Gasteiger partial charge on any atom is 0.355 e. The minimum atomic E-state index is -0.329. The van der Waals surface area contributed by atoms with Gasteiger partial charge in [0.15, 0.2) is 0 Å². The van der Waals surface area contributed by atoms with Crippen molar-refractivity contribution >= 4 is 16.9 Å². The summed E-state index contributed by atoms with van der Waals surface area (Å²) in [5.41, 5.74) is 3.40. The molecule has 2 aromatic heterocycles. The van der Waals surface area contributed by atoms with Crippen LogP contribution in [0.2, 0.25) is 0 Å². The van der Waals surface area contributed by atoms with Crippen LogP contribution in [0.5, 0.6) is 5.88 Å². The number of aromatic amines is 1. The fourth-order valence-electron chi connectivity index (χ4n) is 2.64. The van der Waals surface area contributed by atoms with Crippen molar-refractivity contribution in [1.29, 1.82) is 0 Å². The van der Waals surface area contributed by atoms with Crippen LogP contribution in [-0.4, -0.2) is 29.7 Å². The molecule has 0 spiro atoms. The third-order valence-electron chi connectivity index (χ3n) is 3.76. The second-order valence-corrected chi connectivity index (χ2v) is 5.09. The van der Waals surface area contributed by atoms with E-state index in [-0.39, 0.29) is 5.97 Å². The number of nitrogens with one attached hydrogen (secondary N) is 1. The lowest BCUT2D eigenvalue weighted by atomic mass is 10.0. The van der Waals surface area contributed by atoms with Crippen molar-refractivity contribution in [2.45, 2.75) is 46.5 Å². The predicted octanol–water partition coefficient (Wildman–Crippen LogP) is 3.96. The van der Waals surface area contributed by atoms with Crippen LogP contribution >= 0.6 is 0 Å². The molecule has 1 aliphatic rings. The predicted molar refractivity (Wildman–Crippen MR) is 86.7 cm³/mol. The van der Waals surface area contributed by atoms with Gasteiger partial charge in [-0.25, -0.2) is 9.78 Å². The molecule has 0 unspecified atom stereocenters. The Morgan fingerprint density at radius 2 is 2.09 bits per heavy atom. The first-order chi connectivity index (χ1) is 10.7. The average molecular weight is 304 g/mol. The minimum Gasteiger partial charge on any atom is -0.479 e. The van der Waals surface area contributed by atoms with E-state index in [0.29, 0.717) is 24.1 Å². The van der Waals surface area contributed by atoms with Crippen molar-refractivity contribution in [2.24, 2.45) is 0 Å². The number of hydrogen-bond acceptors (Lipinski definition) is 4. The van der Waals surface area contributed by atoms with Gasteiger partial charge in [0.05, 0.1) is 13.7 Å². The van der Waals surface area contributed by atoms with Crippen LogP contribution in [-0.2, 0) is 4.74 Å². The highest BCUT2D eigenvalue weighted by atomic mass is 16.5. The smallest absolute Gasteiger partial charge is 0.355 e. The van der Waals surface area contributed by atoms with Crippen molar-refractivity contribution in [3.8, 4) is 5.88 Å². The fraction of sp³-hybridized carbons (Fsp3) is 0.529. The third-order valence-corrected chi connectivity index (χ3v) is 3.76. The normalized spacial score (nSPS) is 13.5. The SMILES string of the molecule is CC.CCOC(=O)c1[nH]c2c(OC)ncc(C3CC3)c2c1C. The summed E-state index contributed by atoms with van der Waals surface area (Å²) in [5.74, 6) is 0.744. The van der Waals surface area contributed by atoms with Gasteiger partial charge in [0.2, 0.25) is 5.88 Å². The highest BCUT2D eigenvalue weighted by Crippen LogP contribution is 2.45. The van der Waals surface area contributed by atoms with Gasteiger partial charge in [0, 0.05) is 11.6 Å². The topological polar surface area (TPSA) is 64.2 Å². The van der Waals surface area contributed by atoms with Gasteiger partial charge < -0.3 is 14.5 Å². The van der Waals surface area contributed by atoms with Crippen LogP contribution in [0, 0.1) is 6.92 Å². The Balaban J connectivity index is 0.000000847.